The van der Waals surface area contributed by atoms with Crippen LogP contribution in [0.4, 0.5) is 14.5 Å². The molecule has 4 nitrogen and oxygen atoms in total. The number of anilines is 1. The maximum atomic E-state index is 13.5. The van der Waals surface area contributed by atoms with E-state index in [-0.39, 0.29) is 23.5 Å². The Balaban J connectivity index is 2.70. The van der Waals surface area contributed by atoms with Crippen LogP contribution in [0.2, 0.25) is 0 Å². The zero-order valence-electron chi connectivity index (χ0n) is 11.0. The third kappa shape index (κ3) is 5.12. The average molecular weight is 292 g/mol. The topological polar surface area (TPSA) is 58.2 Å². The Morgan fingerprint density at radius 2 is 1.84 bits per heavy atom. The molecule has 0 aliphatic carbocycles. The molecule has 0 heterocycles. The summed E-state index contributed by atoms with van der Waals surface area (Å²) in [5, 5.41) is 2.93. The van der Waals surface area contributed by atoms with Crippen molar-refractivity contribution in [2.75, 3.05) is 23.6 Å². The van der Waals surface area contributed by atoms with Gasteiger partial charge in [0.1, 0.15) is 11.6 Å². The first kappa shape index (κ1) is 15.8. The summed E-state index contributed by atoms with van der Waals surface area (Å²) in [5.74, 6) is -1.63. The van der Waals surface area contributed by atoms with E-state index in [2.05, 4.69) is 5.32 Å². The van der Waals surface area contributed by atoms with Crippen LogP contribution in [0.25, 0.3) is 0 Å². The zero-order valence-corrected chi connectivity index (χ0v) is 11.8. The molecule has 0 unspecified atom stereocenters. The number of benzene rings is 1. The molecular formula is C12H18F2N2O2S. The zero-order chi connectivity index (χ0) is 14.5. The molecule has 0 fully saturated rings. The number of aryl methyl sites for hydroxylation is 1. The lowest BCUT2D eigenvalue weighted by Gasteiger charge is -2.10. The van der Waals surface area contributed by atoms with Gasteiger partial charge in [0, 0.05) is 12.6 Å². The Morgan fingerprint density at radius 1 is 1.16 bits per heavy atom. The summed E-state index contributed by atoms with van der Waals surface area (Å²) in [6, 6.07) is 1.81. The third-order valence-electron chi connectivity index (χ3n) is 2.49. The molecule has 1 aromatic carbocycles. The third-order valence-corrected chi connectivity index (χ3v) is 3.76. The van der Waals surface area contributed by atoms with Gasteiger partial charge in [-0.1, -0.05) is 6.92 Å². The second-order valence-electron chi connectivity index (χ2n) is 4.25. The Kier molecular flexibility index (Phi) is 5.68. The largest absolute Gasteiger partial charge is 0.316 e. The van der Waals surface area contributed by atoms with Crippen LogP contribution in [0.15, 0.2) is 12.1 Å². The highest BCUT2D eigenvalue weighted by Crippen LogP contribution is 2.19. The van der Waals surface area contributed by atoms with Crippen LogP contribution < -0.4 is 10.0 Å². The van der Waals surface area contributed by atoms with Gasteiger partial charge in [0.05, 0.1) is 11.4 Å². The monoisotopic (exact) mass is 292 g/mol. The quantitative estimate of drug-likeness (QED) is 0.756. The van der Waals surface area contributed by atoms with Crippen molar-refractivity contribution in [1.82, 2.24) is 5.32 Å². The summed E-state index contributed by atoms with van der Waals surface area (Å²) in [5.41, 5.74) is -0.233. The first-order valence-corrected chi connectivity index (χ1v) is 7.68. The summed E-state index contributed by atoms with van der Waals surface area (Å²) in [6.45, 7) is 4.34. The Morgan fingerprint density at radius 3 is 2.47 bits per heavy atom. The summed E-state index contributed by atoms with van der Waals surface area (Å²) < 4.78 is 52.2. The van der Waals surface area contributed by atoms with E-state index in [0.29, 0.717) is 6.54 Å². The minimum atomic E-state index is -3.69. The van der Waals surface area contributed by atoms with Crippen LogP contribution >= 0.6 is 0 Å². The molecule has 0 bridgehead atoms. The SMILES string of the molecule is CCCNCCS(=O)(=O)Nc1cc(F)c(C)cc1F. The molecule has 108 valence electrons. The molecule has 0 spiro atoms. The molecule has 0 aromatic heterocycles. The van der Waals surface area contributed by atoms with Gasteiger partial charge in [0.25, 0.3) is 0 Å². The highest BCUT2D eigenvalue weighted by atomic mass is 32.2. The molecule has 0 atom stereocenters. The van der Waals surface area contributed by atoms with Gasteiger partial charge in [0.15, 0.2) is 0 Å². The van der Waals surface area contributed by atoms with E-state index >= 15 is 0 Å². The van der Waals surface area contributed by atoms with E-state index in [1.165, 1.54) is 6.92 Å². The lowest BCUT2D eigenvalue weighted by molar-refractivity contribution is 0.588. The predicted molar refractivity (Wildman–Crippen MR) is 71.7 cm³/mol. The molecule has 7 heteroatoms. The molecule has 0 radical (unpaired) electrons. The Labute approximate surface area is 112 Å². The van der Waals surface area contributed by atoms with Crippen LogP contribution in [0.1, 0.15) is 18.9 Å². The molecule has 19 heavy (non-hydrogen) atoms. The van der Waals surface area contributed by atoms with Gasteiger partial charge >= 0.3 is 0 Å². The van der Waals surface area contributed by atoms with Crippen molar-refractivity contribution in [2.45, 2.75) is 20.3 Å². The van der Waals surface area contributed by atoms with E-state index < -0.39 is 21.7 Å². The molecule has 0 saturated carbocycles. The van der Waals surface area contributed by atoms with Gasteiger partial charge in [-0.2, -0.15) is 0 Å². The molecule has 0 amide bonds. The van der Waals surface area contributed by atoms with Crippen molar-refractivity contribution in [2.24, 2.45) is 0 Å². The van der Waals surface area contributed by atoms with Crippen LogP contribution in [-0.4, -0.2) is 27.3 Å². The van der Waals surface area contributed by atoms with Gasteiger partial charge in [-0.15, -0.1) is 0 Å². The molecule has 1 aromatic rings. The van der Waals surface area contributed by atoms with Crippen molar-refractivity contribution < 1.29 is 17.2 Å². The fraction of sp³-hybridized carbons (Fsp3) is 0.500. The smallest absolute Gasteiger partial charge is 0.234 e. The number of halogens is 2. The highest BCUT2D eigenvalue weighted by Gasteiger charge is 2.14. The van der Waals surface area contributed by atoms with Gasteiger partial charge in [-0.25, -0.2) is 17.2 Å². The molecule has 0 aliphatic heterocycles. The van der Waals surface area contributed by atoms with Crippen molar-refractivity contribution in [1.29, 1.82) is 0 Å². The summed E-state index contributed by atoms with van der Waals surface area (Å²) in [7, 11) is -3.69. The fourth-order valence-corrected chi connectivity index (χ4v) is 2.46. The number of nitrogens with one attached hydrogen (secondary N) is 2. The van der Waals surface area contributed by atoms with Crippen molar-refractivity contribution in [3.05, 3.63) is 29.3 Å². The lowest BCUT2D eigenvalue weighted by atomic mass is 10.2. The maximum absolute atomic E-state index is 13.5. The number of sulfonamides is 1. The van der Waals surface area contributed by atoms with Crippen LogP contribution in [0.5, 0.6) is 0 Å². The van der Waals surface area contributed by atoms with Crippen LogP contribution in [0.3, 0.4) is 0 Å². The Bertz CT molecular complexity index is 533. The molecule has 0 saturated heterocycles. The van der Waals surface area contributed by atoms with Gasteiger partial charge in [0.2, 0.25) is 10.0 Å². The van der Waals surface area contributed by atoms with E-state index in [1.54, 1.807) is 0 Å². The van der Waals surface area contributed by atoms with Gasteiger partial charge in [-0.05, 0) is 31.5 Å². The summed E-state index contributed by atoms with van der Waals surface area (Å²) in [4.78, 5) is 0. The van der Waals surface area contributed by atoms with Crippen LogP contribution in [-0.2, 0) is 10.0 Å². The van der Waals surface area contributed by atoms with E-state index in [9.17, 15) is 17.2 Å². The number of hydrogen-bond acceptors (Lipinski definition) is 3. The molecule has 1 rings (SSSR count). The van der Waals surface area contributed by atoms with Crippen molar-refractivity contribution in [3.8, 4) is 0 Å². The summed E-state index contributed by atoms with van der Waals surface area (Å²) >= 11 is 0. The second kappa shape index (κ2) is 6.81. The second-order valence-corrected chi connectivity index (χ2v) is 6.09. The van der Waals surface area contributed by atoms with Crippen molar-refractivity contribution in [3.63, 3.8) is 0 Å². The Hall–Kier alpha value is -1.21. The van der Waals surface area contributed by atoms with Gasteiger partial charge < -0.3 is 5.32 Å². The van der Waals surface area contributed by atoms with E-state index in [4.69, 9.17) is 0 Å². The molecule has 2 N–H and O–H groups in total. The average Bonchev–Trinajstić information content (AvgIpc) is 2.31. The predicted octanol–water partition coefficient (Wildman–Crippen LogP) is 2.01. The minimum Gasteiger partial charge on any atom is -0.316 e. The molecular weight excluding hydrogens is 274 g/mol. The molecule has 0 aliphatic rings. The summed E-state index contributed by atoms with van der Waals surface area (Å²) in [6.07, 6.45) is 0.894. The number of rotatable bonds is 7. The highest BCUT2D eigenvalue weighted by molar-refractivity contribution is 7.92. The maximum Gasteiger partial charge on any atom is 0.234 e. The van der Waals surface area contributed by atoms with Crippen molar-refractivity contribution >= 4 is 15.7 Å². The first-order chi connectivity index (χ1) is 8.85. The standard InChI is InChI=1S/C12H18F2N2O2S/c1-3-4-15-5-6-19(17,18)16-12-8-10(13)9(2)7-11(12)14/h7-8,15-16H,3-6H2,1-2H3. The lowest BCUT2D eigenvalue weighted by Crippen LogP contribution is -2.27. The minimum absolute atomic E-state index is 0.130. The number of hydrogen-bond donors (Lipinski definition) is 2. The normalized spacial score (nSPS) is 11.6. The fourth-order valence-electron chi connectivity index (χ4n) is 1.45. The first-order valence-electron chi connectivity index (χ1n) is 6.02. The van der Waals surface area contributed by atoms with Crippen LogP contribution in [0, 0.1) is 18.6 Å². The van der Waals surface area contributed by atoms with Gasteiger partial charge in [-0.3, -0.25) is 4.72 Å². The van der Waals surface area contributed by atoms with E-state index in [0.717, 1.165) is 18.6 Å². The van der Waals surface area contributed by atoms with E-state index in [1.807, 2.05) is 11.6 Å².